The lowest BCUT2D eigenvalue weighted by molar-refractivity contribution is -0.159. The second kappa shape index (κ2) is 10.4. The van der Waals surface area contributed by atoms with E-state index in [2.05, 4.69) is 29.2 Å². The summed E-state index contributed by atoms with van der Waals surface area (Å²) in [6.07, 6.45) is 7.11. The SMILES string of the molecule is Fc1ccc2occ(CCCCN3CCC4(CC3)OCc3ccccc34)c2c1.O=C(O)C(=O)O. The normalized spacial score (nSPS) is 16.7. The fourth-order valence-electron chi connectivity index (χ4n) is 4.83. The van der Waals surface area contributed by atoms with E-state index in [1.807, 2.05) is 0 Å². The summed E-state index contributed by atoms with van der Waals surface area (Å²) in [4.78, 5) is 20.8. The maximum absolute atomic E-state index is 13.5. The Morgan fingerprint density at radius 1 is 1.03 bits per heavy atom. The number of likely N-dealkylation sites (tertiary alicyclic amines) is 1. The number of aliphatic carboxylic acids is 2. The first kappa shape index (κ1) is 23.9. The number of fused-ring (bicyclic) bond motifs is 3. The van der Waals surface area contributed by atoms with Gasteiger partial charge in [0.05, 0.1) is 18.5 Å². The van der Waals surface area contributed by atoms with Crippen LogP contribution in [0.2, 0.25) is 0 Å². The summed E-state index contributed by atoms with van der Waals surface area (Å²) < 4.78 is 25.3. The number of piperidine rings is 1. The van der Waals surface area contributed by atoms with Crippen molar-refractivity contribution in [2.45, 2.75) is 44.3 Å². The van der Waals surface area contributed by atoms with Gasteiger partial charge in [-0.3, -0.25) is 0 Å². The lowest BCUT2D eigenvalue weighted by atomic mass is 9.84. The number of rotatable bonds is 5. The van der Waals surface area contributed by atoms with Gasteiger partial charge < -0.3 is 24.3 Å². The Labute approximate surface area is 196 Å². The Hall–Kier alpha value is -3.23. The maximum Gasteiger partial charge on any atom is 0.414 e. The van der Waals surface area contributed by atoms with Gasteiger partial charge in [-0.15, -0.1) is 0 Å². The maximum atomic E-state index is 13.5. The topological polar surface area (TPSA) is 100 Å². The molecule has 8 heteroatoms. The number of ether oxygens (including phenoxy) is 1. The van der Waals surface area contributed by atoms with E-state index in [4.69, 9.17) is 29.0 Å². The van der Waals surface area contributed by atoms with Crippen LogP contribution >= 0.6 is 0 Å². The third-order valence-corrected chi connectivity index (χ3v) is 6.65. The van der Waals surface area contributed by atoms with E-state index in [9.17, 15) is 4.39 Å². The van der Waals surface area contributed by atoms with Gasteiger partial charge in [-0.1, -0.05) is 24.3 Å². The van der Waals surface area contributed by atoms with Gasteiger partial charge >= 0.3 is 11.9 Å². The summed E-state index contributed by atoms with van der Waals surface area (Å²) in [5, 5.41) is 15.7. The summed E-state index contributed by atoms with van der Waals surface area (Å²) in [6, 6.07) is 13.4. The van der Waals surface area contributed by atoms with E-state index in [0.717, 1.165) is 74.9 Å². The predicted octanol–water partition coefficient (Wildman–Crippen LogP) is 4.57. The molecule has 7 nitrogen and oxygen atoms in total. The minimum atomic E-state index is -1.82. The van der Waals surface area contributed by atoms with E-state index < -0.39 is 11.9 Å². The number of halogens is 1. The number of furan rings is 1. The van der Waals surface area contributed by atoms with Crippen molar-refractivity contribution in [1.82, 2.24) is 4.90 Å². The third-order valence-electron chi connectivity index (χ3n) is 6.65. The van der Waals surface area contributed by atoms with Crippen LogP contribution in [0.3, 0.4) is 0 Å². The number of benzene rings is 2. The van der Waals surface area contributed by atoms with Gasteiger partial charge in [0, 0.05) is 18.5 Å². The summed E-state index contributed by atoms with van der Waals surface area (Å²) in [5.41, 5.74) is 4.61. The van der Waals surface area contributed by atoms with Crippen LogP contribution in [-0.2, 0) is 33.0 Å². The highest BCUT2D eigenvalue weighted by molar-refractivity contribution is 6.27. The number of hydrogen-bond donors (Lipinski definition) is 2. The average molecular weight is 470 g/mol. The zero-order valence-corrected chi connectivity index (χ0v) is 18.8. The van der Waals surface area contributed by atoms with Crippen LogP contribution < -0.4 is 0 Å². The van der Waals surface area contributed by atoms with Crippen LogP contribution in [0.1, 0.15) is 42.4 Å². The van der Waals surface area contributed by atoms with Crippen molar-refractivity contribution >= 4 is 22.9 Å². The van der Waals surface area contributed by atoms with Gasteiger partial charge in [-0.25, -0.2) is 14.0 Å². The van der Waals surface area contributed by atoms with Crippen molar-refractivity contribution in [1.29, 1.82) is 0 Å². The van der Waals surface area contributed by atoms with Crippen LogP contribution in [0, 0.1) is 5.82 Å². The lowest BCUT2D eigenvalue weighted by Gasteiger charge is -2.39. The molecule has 0 bridgehead atoms. The fraction of sp³-hybridized carbons (Fsp3) is 0.385. The molecule has 180 valence electrons. The summed E-state index contributed by atoms with van der Waals surface area (Å²) in [7, 11) is 0. The standard InChI is InChI=1S/C24H26FNO2.C2H2O4/c25-20-8-9-23-21(15-20)18(16-27-23)5-3-4-12-26-13-10-24(11-14-26)22-7-2-1-6-19(22)17-28-24;3-1(4)2(5)6/h1-2,6-9,15-16H,3-5,10-14,17H2;(H,3,4)(H,5,6). The Morgan fingerprint density at radius 2 is 1.76 bits per heavy atom. The third kappa shape index (κ3) is 5.29. The Kier molecular flexibility index (Phi) is 7.29. The number of carboxylic acid groups (broad SMARTS) is 2. The molecule has 2 N–H and O–H groups in total. The van der Waals surface area contributed by atoms with Crippen molar-refractivity contribution in [2.24, 2.45) is 0 Å². The molecule has 5 rings (SSSR count). The highest BCUT2D eigenvalue weighted by Gasteiger charge is 2.42. The zero-order valence-electron chi connectivity index (χ0n) is 18.8. The van der Waals surface area contributed by atoms with Gasteiger partial charge in [0.2, 0.25) is 0 Å². The highest BCUT2D eigenvalue weighted by atomic mass is 19.1. The molecule has 1 spiro atoms. The van der Waals surface area contributed by atoms with Crippen LogP contribution in [-0.4, -0.2) is 46.7 Å². The van der Waals surface area contributed by atoms with E-state index in [1.165, 1.54) is 17.2 Å². The smallest absolute Gasteiger partial charge is 0.414 e. The van der Waals surface area contributed by atoms with Gasteiger partial charge in [0.25, 0.3) is 0 Å². The van der Waals surface area contributed by atoms with E-state index >= 15 is 0 Å². The van der Waals surface area contributed by atoms with Crippen molar-refractivity contribution in [3.63, 3.8) is 0 Å². The Morgan fingerprint density at radius 3 is 2.50 bits per heavy atom. The number of nitrogens with zero attached hydrogens (tertiary/aromatic N) is 1. The second-order valence-electron chi connectivity index (χ2n) is 8.75. The van der Waals surface area contributed by atoms with Gasteiger partial charge in [-0.2, -0.15) is 0 Å². The lowest BCUT2D eigenvalue weighted by Crippen LogP contribution is -2.42. The molecule has 0 radical (unpaired) electrons. The molecule has 0 saturated carbocycles. The number of carbonyl (C=O) groups is 2. The molecule has 34 heavy (non-hydrogen) atoms. The number of carboxylic acids is 2. The molecule has 2 aromatic carbocycles. The Bertz CT molecular complexity index is 1150. The summed E-state index contributed by atoms with van der Waals surface area (Å²) in [6.45, 7) is 4.06. The van der Waals surface area contributed by atoms with Gasteiger partial charge in [-0.05, 0) is 73.5 Å². The quantitative estimate of drug-likeness (QED) is 0.417. The monoisotopic (exact) mass is 469 g/mol. The minimum Gasteiger partial charge on any atom is -0.473 e. The highest BCUT2D eigenvalue weighted by Crippen LogP contribution is 2.43. The molecule has 0 atom stereocenters. The minimum absolute atomic E-state index is 0.0487. The summed E-state index contributed by atoms with van der Waals surface area (Å²) in [5.74, 6) is -3.85. The van der Waals surface area contributed by atoms with Crippen molar-refractivity contribution in [3.8, 4) is 0 Å². The predicted molar refractivity (Wildman–Crippen MR) is 123 cm³/mol. The molecular formula is C26H28FNO6. The van der Waals surface area contributed by atoms with Crippen LogP contribution in [0.15, 0.2) is 53.1 Å². The molecule has 1 saturated heterocycles. The fourth-order valence-corrected chi connectivity index (χ4v) is 4.83. The van der Waals surface area contributed by atoms with Crippen molar-refractivity contribution < 1.29 is 33.3 Å². The molecule has 3 aromatic rings. The molecule has 1 aromatic heterocycles. The molecule has 1 fully saturated rings. The molecule has 2 aliphatic heterocycles. The van der Waals surface area contributed by atoms with E-state index in [0.29, 0.717) is 0 Å². The molecular weight excluding hydrogens is 441 g/mol. The molecule has 0 amide bonds. The first-order chi connectivity index (χ1) is 16.4. The molecule has 2 aliphatic rings. The number of hydrogen-bond acceptors (Lipinski definition) is 5. The molecule has 3 heterocycles. The Balaban J connectivity index is 0.000000408. The first-order valence-corrected chi connectivity index (χ1v) is 11.4. The van der Waals surface area contributed by atoms with E-state index in [1.54, 1.807) is 18.4 Å². The van der Waals surface area contributed by atoms with Gasteiger partial charge in [0.15, 0.2) is 0 Å². The number of unbranched alkanes of at least 4 members (excludes halogenated alkanes) is 1. The van der Waals surface area contributed by atoms with Crippen LogP contribution in [0.4, 0.5) is 4.39 Å². The zero-order chi connectivity index (χ0) is 24.1. The first-order valence-electron chi connectivity index (χ1n) is 11.4. The largest absolute Gasteiger partial charge is 0.473 e. The van der Waals surface area contributed by atoms with Crippen molar-refractivity contribution in [3.05, 3.63) is 71.2 Å². The van der Waals surface area contributed by atoms with E-state index in [-0.39, 0.29) is 11.4 Å². The molecule has 0 aliphatic carbocycles. The van der Waals surface area contributed by atoms with Crippen LogP contribution in [0.5, 0.6) is 0 Å². The van der Waals surface area contributed by atoms with Gasteiger partial charge in [0.1, 0.15) is 11.4 Å². The average Bonchev–Trinajstić information content (AvgIpc) is 3.40. The van der Waals surface area contributed by atoms with Crippen molar-refractivity contribution in [2.75, 3.05) is 19.6 Å². The number of aryl methyl sites for hydroxylation is 1. The van der Waals surface area contributed by atoms with Crippen LogP contribution in [0.25, 0.3) is 11.0 Å². The molecule has 0 unspecified atom stereocenters. The second-order valence-corrected chi connectivity index (χ2v) is 8.75. The summed E-state index contributed by atoms with van der Waals surface area (Å²) >= 11 is 0.